The lowest BCUT2D eigenvalue weighted by Crippen LogP contribution is -2.14. The molecule has 0 aliphatic heterocycles. The highest BCUT2D eigenvalue weighted by molar-refractivity contribution is 4.90. The van der Waals surface area contributed by atoms with E-state index in [2.05, 4.69) is 32.9 Å². The molecule has 0 fully saturated rings. The minimum Gasteiger partial charge on any atom is -0.250 e. The lowest BCUT2D eigenvalue weighted by atomic mass is 9.81. The van der Waals surface area contributed by atoms with Gasteiger partial charge in [-0.15, -0.1) is 0 Å². The van der Waals surface area contributed by atoms with Gasteiger partial charge < -0.3 is 0 Å². The number of hydrogen-bond acceptors (Lipinski definition) is 0. The Balaban J connectivity index is 2.59. The Hall–Kier alpha value is -0.330. The zero-order valence-electron chi connectivity index (χ0n) is 11.1. The maximum atomic E-state index is 12.8. The van der Waals surface area contributed by atoms with Crippen molar-refractivity contribution in [1.29, 1.82) is 0 Å². The molecule has 1 heteroatoms. The van der Waals surface area contributed by atoms with Crippen LogP contribution < -0.4 is 0 Å². The second kappa shape index (κ2) is 7.09. The molecule has 1 aliphatic rings. The maximum Gasteiger partial charge on any atom is 0.0956 e. The highest BCUT2D eigenvalue weighted by Crippen LogP contribution is 2.29. The van der Waals surface area contributed by atoms with Crippen LogP contribution in [-0.2, 0) is 0 Å². The highest BCUT2D eigenvalue weighted by Gasteiger charge is 2.17. The van der Waals surface area contributed by atoms with E-state index in [4.69, 9.17) is 0 Å². The summed E-state index contributed by atoms with van der Waals surface area (Å²) in [6.45, 7) is 6.74. The van der Waals surface area contributed by atoms with Crippen LogP contribution in [0.2, 0.25) is 0 Å². The van der Waals surface area contributed by atoms with Crippen LogP contribution in [0.15, 0.2) is 12.2 Å². The molecule has 1 aliphatic carbocycles. The van der Waals surface area contributed by atoms with E-state index < -0.39 is 0 Å². The SMILES string of the molecule is CC(C)[C@H]1CC[C@@H](C)C/C=C/[C@H](CF)CC1. The second-order valence-corrected chi connectivity index (χ2v) is 5.84. The van der Waals surface area contributed by atoms with Gasteiger partial charge in [-0.05, 0) is 43.4 Å². The van der Waals surface area contributed by atoms with E-state index in [1.165, 1.54) is 19.3 Å². The fourth-order valence-corrected chi connectivity index (χ4v) is 2.58. The molecule has 0 aromatic carbocycles. The predicted octanol–water partition coefficient (Wildman–Crippen LogP) is 5.00. The summed E-state index contributed by atoms with van der Waals surface area (Å²) < 4.78 is 12.8. The first-order valence-electron chi connectivity index (χ1n) is 6.86. The van der Waals surface area contributed by atoms with E-state index in [1.54, 1.807) is 0 Å². The van der Waals surface area contributed by atoms with Crippen LogP contribution >= 0.6 is 0 Å². The van der Waals surface area contributed by atoms with Gasteiger partial charge in [0.15, 0.2) is 0 Å². The van der Waals surface area contributed by atoms with Crippen LogP contribution in [0.4, 0.5) is 4.39 Å². The second-order valence-electron chi connectivity index (χ2n) is 5.84. The molecule has 0 amide bonds. The molecule has 0 radical (unpaired) electrons. The minimum atomic E-state index is -0.185. The molecule has 0 nitrogen and oxygen atoms in total. The largest absolute Gasteiger partial charge is 0.250 e. The quantitative estimate of drug-likeness (QED) is 0.581. The first kappa shape index (κ1) is 13.7. The number of hydrogen-bond donors (Lipinski definition) is 0. The lowest BCUT2D eigenvalue weighted by molar-refractivity contribution is 0.274. The fourth-order valence-electron chi connectivity index (χ4n) is 2.58. The van der Waals surface area contributed by atoms with Crippen LogP contribution in [0.5, 0.6) is 0 Å². The third kappa shape index (κ3) is 4.67. The van der Waals surface area contributed by atoms with Gasteiger partial charge in [0.25, 0.3) is 0 Å². The minimum absolute atomic E-state index is 0.173. The summed E-state index contributed by atoms with van der Waals surface area (Å²) in [6.07, 6.45) is 10.3. The molecule has 0 aromatic rings. The summed E-state index contributed by atoms with van der Waals surface area (Å²) in [6, 6.07) is 0. The molecular weight excluding hydrogens is 199 g/mol. The molecular formula is C15H27F. The molecule has 16 heavy (non-hydrogen) atoms. The monoisotopic (exact) mass is 226 g/mol. The van der Waals surface area contributed by atoms with Crippen molar-refractivity contribution in [2.24, 2.45) is 23.7 Å². The Morgan fingerprint density at radius 3 is 2.50 bits per heavy atom. The molecule has 0 heterocycles. The Labute approximate surface area is 100 Å². The molecule has 0 saturated carbocycles. The third-order valence-corrected chi connectivity index (χ3v) is 4.03. The summed E-state index contributed by atoms with van der Waals surface area (Å²) in [7, 11) is 0. The predicted molar refractivity (Wildman–Crippen MR) is 69.2 cm³/mol. The summed E-state index contributed by atoms with van der Waals surface area (Å²) in [5.41, 5.74) is 0. The molecule has 94 valence electrons. The molecule has 0 aromatic heterocycles. The van der Waals surface area contributed by atoms with Gasteiger partial charge in [-0.3, -0.25) is 4.39 Å². The first-order chi connectivity index (χ1) is 7.63. The summed E-state index contributed by atoms with van der Waals surface area (Å²) in [4.78, 5) is 0. The van der Waals surface area contributed by atoms with Crippen molar-refractivity contribution < 1.29 is 4.39 Å². The van der Waals surface area contributed by atoms with Crippen LogP contribution in [0.25, 0.3) is 0 Å². The van der Waals surface area contributed by atoms with Crippen molar-refractivity contribution in [3.05, 3.63) is 12.2 Å². The van der Waals surface area contributed by atoms with E-state index in [1.807, 2.05) is 0 Å². The third-order valence-electron chi connectivity index (χ3n) is 4.03. The highest BCUT2D eigenvalue weighted by atomic mass is 19.1. The van der Waals surface area contributed by atoms with Crippen molar-refractivity contribution in [3.8, 4) is 0 Å². The van der Waals surface area contributed by atoms with Crippen LogP contribution in [0.3, 0.4) is 0 Å². The van der Waals surface area contributed by atoms with Crippen molar-refractivity contribution in [1.82, 2.24) is 0 Å². The van der Waals surface area contributed by atoms with Gasteiger partial charge in [-0.1, -0.05) is 39.3 Å². The summed E-state index contributed by atoms with van der Waals surface area (Å²) in [5, 5.41) is 0. The van der Waals surface area contributed by atoms with E-state index in [9.17, 15) is 4.39 Å². The van der Waals surface area contributed by atoms with Gasteiger partial charge in [-0.25, -0.2) is 0 Å². The van der Waals surface area contributed by atoms with Gasteiger partial charge in [0, 0.05) is 5.92 Å². The Morgan fingerprint density at radius 2 is 1.88 bits per heavy atom. The van der Waals surface area contributed by atoms with Gasteiger partial charge in [-0.2, -0.15) is 0 Å². The normalized spacial score (nSPS) is 34.9. The average Bonchev–Trinajstić information content (AvgIpc) is 2.26. The van der Waals surface area contributed by atoms with Gasteiger partial charge in [0.05, 0.1) is 6.67 Å². The molecule has 1 rings (SSSR count). The van der Waals surface area contributed by atoms with E-state index in [0.29, 0.717) is 0 Å². The van der Waals surface area contributed by atoms with Crippen LogP contribution in [0.1, 0.15) is 52.9 Å². The first-order valence-corrected chi connectivity index (χ1v) is 6.86. The van der Waals surface area contributed by atoms with E-state index in [0.717, 1.165) is 30.6 Å². The molecule has 0 bridgehead atoms. The van der Waals surface area contributed by atoms with Gasteiger partial charge >= 0.3 is 0 Å². The molecule has 0 saturated heterocycles. The zero-order chi connectivity index (χ0) is 12.0. The molecule has 0 spiro atoms. The smallest absolute Gasteiger partial charge is 0.0956 e. The maximum absolute atomic E-state index is 12.8. The standard InChI is InChI=1S/C15H27F/c1-12(2)15-9-7-13(3)5-4-6-14(11-16)8-10-15/h4,6,12-15H,5,7-11H2,1-3H3/b6-4+/t13-,14-,15-/m0/s1. The molecule has 0 N–H and O–H groups in total. The summed E-state index contributed by atoms with van der Waals surface area (Å²) in [5.74, 6) is 2.47. The van der Waals surface area contributed by atoms with Crippen molar-refractivity contribution in [2.75, 3.05) is 6.67 Å². The van der Waals surface area contributed by atoms with Crippen LogP contribution in [-0.4, -0.2) is 6.67 Å². The van der Waals surface area contributed by atoms with Crippen LogP contribution in [0, 0.1) is 23.7 Å². The number of alkyl halides is 1. The Morgan fingerprint density at radius 1 is 1.19 bits per heavy atom. The lowest BCUT2D eigenvalue weighted by Gasteiger charge is -2.24. The summed E-state index contributed by atoms with van der Waals surface area (Å²) >= 11 is 0. The fraction of sp³-hybridized carbons (Fsp3) is 0.867. The average molecular weight is 226 g/mol. The van der Waals surface area contributed by atoms with E-state index >= 15 is 0 Å². The molecule has 0 unspecified atom stereocenters. The number of allylic oxidation sites excluding steroid dienone is 2. The van der Waals surface area contributed by atoms with Crippen molar-refractivity contribution in [2.45, 2.75) is 52.9 Å². The van der Waals surface area contributed by atoms with Gasteiger partial charge in [0.2, 0.25) is 0 Å². The Kier molecular flexibility index (Phi) is 6.08. The number of rotatable bonds is 2. The Bertz CT molecular complexity index is 207. The number of halogens is 1. The van der Waals surface area contributed by atoms with Crippen molar-refractivity contribution in [3.63, 3.8) is 0 Å². The zero-order valence-corrected chi connectivity index (χ0v) is 11.1. The molecule has 3 atom stereocenters. The topological polar surface area (TPSA) is 0 Å². The van der Waals surface area contributed by atoms with Gasteiger partial charge in [0.1, 0.15) is 0 Å². The van der Waals surface area contributed by atoms with Crippen molar-refractivity contribution >= 4 is 0 Å². The van der Waals surface area contributed by atoms with E-state index in [-0.39, 0.29) is 12.6 Å².